The van der Waals surface area contributed by atoms with Crippen LogP contribution in [0.3, 0.4) is 0 Å². The van der Waals surface area contributed by atoms with Crippen molar-refractivity contribution in [2.75, 3.05) is 7.11 Å². The molecule has 1 rings (SSSR count). The van der Waals surface area contributed by atoms with Crippen LogP contribution in [-0.4, -0.2) is 7.11 Å². The van der Waals surface area contributed by atoms with Crippen LogP contribution in [0.1, 0.15) is 19.4 Å². The SMILES string of the molecule is COc1ccc(Cl)c(CC(C)C)c1. The molecule has 1 aromatic rings. The highest BCUT2D eigenvalue weighted by molar-refractivity contribution is 6.31. The summed E-state index contributed by atoms with van der Waals surface area (Å²) >= 11 is 6.04. The predicted molar refractivity (Wildman–Crippen MR) is 56.5 cm³/mol. The number of rotatable bonds is 3. The fourth-order valence-electron chi connectivity index (χ4n) is 1.27. The van der Waals surface area contributed by atoms with Crippen molar-refractivity contribution in [3.05, 3.63) is 28.8 Å². The van der Waals surface area contributed by atoms with Crippen LogP contribution in [-0.2, 0) is 6.42 Å². The first-order valence-corrected chi connectivity index (χ1v) is 4.83. The molecule has 0 aliphatic rings. The highest BCUT2D eigenvalue weighted by Crippen LogP contribution is 2.24. The second-order valence-electron chi connectivity index (χ2n) is 3.56. The van der Waals surface area contributed by atoms with E-state index in [4.69, 9.17) is 16.3 Å². The summed E-state index contributed by atoms with van der Waals surface area (Å²) in [5.41, 5.74) is 1.16. The van der Waals surface area contributed by atoms with E-state index in [0.717, 1.165) is 22.8 Å². The summed E-state index contributed by atoms with van der Waals surface area (Å²) < 4.78 is 5.13. The molecule has 0 bridgehead atoms. The van der Waals surface area contributed by atoms with Gasteiger partial charge in [-0.25, -0.2) is 0 Å². The first kappa shape index (κ1) is 10.4. The Labute approximate surface area is 84.7 Å². The molecule has 0 unspecified atom stereocenters. The smallest absolute Gasteiger partial charge is 0.119 e. The van der Waals surface area contributed by atoms with Gasteiger partial charge in [-0.05, 0) is 36.1 Å². The zero-order valence-corrected chi connectivity index (χ0v) is 9.06. The summed E-state index contributed by atoms with van der Waals surface area (Å²) in [6, 6.07) is 5.77. The monoisotopic (exact) mass is 198 g/mol. The Hall–Kier alpha value is -0.690. The molecule has 1 aromatic carbocycles. The maximum absolute atomic E-state index is 6.04. The van der Waals surface area contributed by atoms with E-state index >= 15 is 0 Å². The molecule has 0 atom stereocenters. The molecule has 0 radical (unpaired) electrons. The van der Waals surface area contributed by atoms with Crippen LogP contribution in [0.5, 0.6) is 5.75 Å². The van der Waals surface area contributed by atoms with Crippen molar-refractivity contribution in [2.24, 2.45) is 5.92 Å². The van der Waals surface area contributed by atoms with E-state index in [9.17, 15) is 0 Å². The lowest BCUT2D eigenvalue weighted by Crippen LogP contribution is -1.95. The van der Waals surface area contributed by atoms with Crippen LogP contribution in [0.4, 0.5) is 0 Å². The van der Waals surface area contributed by atoms with E-state index < -0.39 is 0 Å². The minimum absolute atomic E-state index is 0.615. The fraction of sp³-hybridized carbons (Fsp3) is 0.455. The van der Waals surface area contributed by atoms with Crippen LogP contribution >= 0.6 is 11.6 Å². The van der Waals surface area contributed by atoms with Crippen molar-refractivity contribution < 1.29 is 4.74 Å². The largest absolute Gasteiger partial charge is 0.497 e. The van der Waals surface area contributed by atoms with Crippen molar-refractivity contribution >= 4 is 11.6 Å². The van der Waals surface area contributed by atoms with Crippen LogP contribution < -0.4 is 4.74 Å². The van der Waals surface area contributed by atoms with Gasteiger partial charge in [0.15, 0.2) is 0 Å². The van der Waals surface area contributed by atoms with Crippen LogP contribution in [0.2, 0.25) is 5.02 Å². The minimum atomic E-state index is 0.615. The van der Waals surface area contributed by atoms with Gasteiger partial charge in [-0.3, -0.25) is 0 Å². The molecule has 0 spiro atoms. The summed E-state index contributed by atoms with van der Waals surface area (Å²) in [5.74, 6) is 1.49. The van der Waals surface area contributed by atoms with Gasteiger partial charge < -0.3 is 4.74 Å². The van der Waals surface area contributed by atoms with Gasteiger partial charge in [-0.1, -0.05) is 25.4 Å². The van der Waals surface area contributed by atoms with Gasteiger partial charge in [0, 0.05) is 5.02 Å². The topological polar surface area (TPSA) is 9.23 Å². The van der Waals surface area contributed by atoms with Gasteiger partial charge in [-0.2, -0.15) is 0 Å². The Balaban J connectivity index is 2.90. The number of halogens is 1. The van der Waals surface area contributed by atoms with E-state index in [2.05, 4.69) is 13.8 Å². The summed E-state index contributed by atoms with van der Waals surface area (Å²) in [7, 11) is 1.67. The molecule has 1 nitrogen and oxygen atoms in total. The Bertz CT molecular complexity index is 281. The first-order chi connectivity index (χ1) is 6.13. The molecule has 0 aliphatic carbocycles. The maximum atomic E-state index is 6.04. The first-order valence-electron chi connectivity index (χ1n) is 4.46. The van der Waals surface area contributed by atoms with Gasteiger partial charge in [-0.15, -0.1) is 0 Å². The predicted octanol–water partition coefficient (Wildman–Crippen LogP) is 3.55. The summed E-state index contributed by atoms with van der Waals surface area (Å²) in [5, 5.41) is 0.828. The molecular weight excluding hydrogens is 184 g/mol. The molecule has 2 heteroatoms. The van der Waals surface area contributed by atoms with Gasteiger partial charge in [0.1, 0.15) is 5.75 Å². The lowest BCUT2D eigenvalue weighted by Gasteiger charge is -2.08. The van der Waals surface area contributed by atoms with Gasteiger partial charge >= 0.3 is 0 Å². The minimum Gasteiger partial charge on any atom is -0.497 e. The highest BCUT2D eigenvalue weighted by atomic mass is 35.5. The molecule has 0 aromatic heterocycles. The molecule has 72 valence electrons. The van der Waals surface area contributed by atoms with Crippen molar-refractivity contribution in [2.45, 2.75) is 20.3 Å². The number of ether oxygens (including phenoxy) is 1. The van der Waals surface area contributed by atoms with Gasteiger partial charge in [0.2, 0.25) is 0 Å². The number of hydrogen-bond donors (Lipinski definition) is 0. The van der Waals surface area contributed by atoms with Crippen molar-refractivity contribution in [3.8, 4) is 5.75 Å². The third kappa shape index (κ3) is 2.92. The van der Waals surface area contributed by atoms with E-state index in [-0.39, 0.29) is 0 Å². The fourth-order valence-corrected chi connectivity index (χ4v) is 1.47. The average Bonchev–Trinajstić information content (AvgIpc) is 2.08. The van der Waals surface area contributed by atoms with E-state index in [1.807, 2.05) is 18.2 Å². The Morgan fingerprint density at radius 2 is 2.08 bits per heavy atom. The lowest BCUT2D eigenvalue weighted by atomic mass is 10.0. The maximum Gasteiger partial charge on any atom is 0.119 e. The molecule has 0 N–H and O–H groups in total. The molecule has 0 saturated carbocycles. The molecule has 0 saturated heterocycles. The van der Waals surface area contributed by atoms with Crippen LogP contribution in [0.25, 0.3) is 0 Å². The van der Waals surface area contributed by atoms with E-state index in [0.29, 0.717) is 5.92 Å². The zero-order valence-electron chi connectivity index (χ0n) is 8.30. The number of benzene rings is 1. The Morgan fingerprint density at radius 3 is 2.62 bits per heavy atom. The van der Waals surface area contributed by atoms with Gasteiger partial charge in [0.05, 0.1) is 7.11 Å². The Morgan fingerprint density at radius 1 is 1.38 bits per heavy atom. The molecule has 0 heterocycles. The molecular formula is C11H15ClO. The molecule has 0 amide bonds. The summed E-state index contributed by atoms with van der Waals surface area (Å²) in [4.78, 5) is 0. The van der Waals surface area contributed by atoms with Gasteiger partial charge in [0.25, 0.3) is 0 Å². The number of methoxy groups -OCH3 is 1. The molecule has 0 fully saturated rings. The second kappa shape index (κ2) is 4.52. The Kier molecular flexibility index (Phi) is 3.61. The highest BCUT2D eigenvalue weighted by Gasteiger charge is 2.04. The molecule has 0 aliphatic heterocycles. The van der Waals surface area contributed by atoms with Crippen LogP contribution in [0, 0.1) is 5.92 Å². The quantitative estimate of drug-likeness (QED) is 0.722. The third-order valence-electron chi connectivity index (χ3n) is 1.88. The average molecular weight is 199 g/mol. The second-order valence-corrected chi connectivity index (χ2v) is 3.96. The number of hydrogen-bond acceptors (Lipinski definition) is 1. The standard InChI is InChI=1S/C11H15ClO/c1-8(2)6-9-7-10(13-3)4-5-11(9)12/h4-5,7-8H,6H2,1-3H3. The van der Waals surface area contributed by atoms with E-state index in [1.54, 1.807) is 7.11 Å². The van der Waals surface area contributed by atoms with Crippen molar-refractivity contribution in [1.29, 1.82) is 0 Å². The summed E-state index contributed by atoms with van der Waals surface area (Å²) in [6.45, 7) is 4.35. The normalized spacial score (nSPS) is 10.5. The van der Waals surface area contributed by atoms with Crippen molar-refractivity contribution in [1.82, 2.24) is 0 Å². The lowest BCUT2D eigenvalue weighted by molar-refractivity contribution is 0.414. The summed E-state index contributed by atoms with van der Waals surface area (Å²) in [6.07, 6.45) is 0.996. The van der Waals surface area contributed by atoms with Crippen LogP contribution in [0.15, 0.2) is 18.2 Å². The zero-order chi connectivity index (χ0) is 9.84. The molecule has 13 heavy (non-hydrogen) atoms. The third-order valence-corrected chi connectivity index (χ3v) is 2.25. The van der Waals surface area contributed by atoms with E-state index in [1.165, 1.54) is 0 Å². The van der Waals surface area contributed by atoms with Crippen molar-refractivity contribution in [3.63, 3.8) is 0 Å².